The summed E-state index contributed by atoms with van der Waals surface area (Å²) in [5.74, 6) is 0.158. The predicted molar refractivity (Wildman–Crippen MR) is 102 cm³/mol. The first-order valence-electron chi connectivity index (χ1n) is 9.22. The lowest BCUT2D eigenvalue weighted by atomic mass is 9.99. The van der Waals surface area contributed by atoms with Gasteiger partial charge >= 0.3 is 0 Å². The molecule has 0 bridgehead atoms. The number of benzene rings is 1. The number of hydrogen-bond donors (Lipinski definition) is 2. The van der Waals surface area contributed by atoms with E-state index in [-0.39, 0.29) is 11.8 Å². The number of rotatable bonds is 2. The zero-order chi connectivity index (χ0) is 18.4. The van der Waals surface area contributed by atoms with E-state index >= 15 is 0 Å². The lowest BCUT2D eigenvalue weighted by molar-refractivity contribution is -0.118. The Hall–Kier alpha value is -2.93. The van der Waals surface area contributed by atoms with E-state index in [0.717, 1.165) is 37.0 Å². The number of ether oxygens (including phenoxy) is 1. The highest BCUT2D eigenvalue weighted by Crippen LogP contribution is 2.28. The molecule has 0 radical (unpaired) electrons. The second kappa shape index (κ2) is 6.35. The number of aliphatic hydroxyl groups is 1. The van der Waals surface area contributed by atoms with Gasteiger partial charge in [0.1, 0.15) is 5.84 Å². The van der Waals surface area contributed by atoms with Crippen molar-refractivity contribution in [2.45, 2.75) is 31.3 Å². The topological polar surface area (TPSA) is 88.2 Å². The van der Waals surface area contributed by atoms with Crippen LogP contribution in [0.3, 0.4) is 0 Å². The molecule has 138 valence electrons. The average molecular weight is 364 g/mol. The zero-order valence-corrected chi connectivity index (χ0v) is 14.8. The quantitative estimate of drug-likeness (QED) is 0.857. The van der Waals surface area contributed by atoms with Crippen LogP contribution in [0, 0.1) is 0 Å². The number of amidine groups is 1. The van der Waals surface area contributed by atoms with Crippen LogP contribution in [0.25, 0.3) is 10.9 Å². The Morgan fingerprint density at radius 2 is 2.07 bits per heavy atom. The molecule has 1 fully saturated rings. The number of fused-ring (bicyclic) bond motifs is 2. The number of aliphatic imine (C=N–C) groups is 2. The molecular weight excluding hydrogens is 344 g/mol. The number of amides is 1. The summed E-state index contributed by atoms with van der Waals surface area (Å²) < 4.78 is 7.78. The molecule has 4 heterocycles. The normalized spacial score (nSPS) is 23.3. The molecule has 0 aliphatic carbocycles. The maximum atomic E-state index is 12.1. The first kappa shape index (κ1) is 16.3. The van der Waals surface area contributed by atoms with Crippen LogP contribution in [0.5, 0.6) is 0 Å². The van der Waals surface area contributed by atoms with Crippen molar-refractivity contribution in [1.82, 2.24) is 9.88 Å². The molecule has 7 nitrogen and oxygen atoms in total. The Bertz CT molecular complexity index is 1010. The summed E-state index contributed by atoms with van der Waals surface area (Å²) in [7, 11) is 0. The molecule has 1 atom stereocenters. The van der Waals surface area contributed by atoms with E-state index in [1.54, 1.807) is 0 Å². The fourth-order valence-corrected chi connectivity index (χ4v) is 4.02. The summed E-state index contributed by atoms with van der Waals surface area (Å²) in [6, 6.07) is 7.90. The molecule has 1 unspecified atom stereocenters. The van der Waals surface area contributed by atoms with E-state index in [1.807, 2.05) is 12.1 Å². The molecular formula is C20H20N4O3. The SMILES string of the molecule is O=C1N=CCC2=C(O)NC(c3ccc4c(ccn4C4CCOCC4)c3)=NC12. The summed E-state index contributed by atoms with van der Waals surface area (Å²) in [5.41, 5.74) is 2.58. The van der Waals surface area contributed by atoms with Crippen LogP contribution in [-0.4, -0.2) is 46.9 Å². The van der Waals surface area contributed by atoms with E-state index < -0.39 is 6.04 Å². The first-order valence-corrected chi connectivity index (χ1v) is 9.22. The number of nitrogens with zero attached hydrogens (tertiary/aromatic N) is 3. The minimum atomic E-state index is -0.728. The van der Waals surface area contributed by atoms with Crippen LogP contribution in [-0.2, 0) is 9.53 Å². The van der Waals surface area contributed by atoms with Crippen LogP contribution < -0.4 is 5.32 Å². The van der Waals surface area contributed by atoms with Crippen molar-refractivity contribution >= 4 is 28.9 Å². The van der Waals surface area contributed by atoms with Gasteiger partial charge in [0.2, 0.25) is 0 Å². The number of carbonyl (C=O) groups is 1. The van der Waals surface area contributed by atoms with Gasteiger partial charge in [-0.2, -0.15) is 0 Å². The molecule has 27 heavy (non-hydrogen) atoms. The molecule has 5 rings (SSSR count). The monoisotopic (exact) mass is 364 g/mol. The van der Waals surface area contributed by atoms with Crippen LogP contribution in [0.4, 0.5) is 0 Å². The van der Waals surface area contributed by atoms with Crippen LogP contribution in [0.2, 0.25) is 0 Å². The van der Waals surface area contributed by atoms with E-state index in [4.69, 9.17) is 4.74 Å². The van der Waals surface area contributed by atoms with Gasteiger partial charge in [0.15, 0.2) is 11.9 Å². The van der Waals surface area contributed by atoms with Crippen molar-refractivity contribution in [2.24, 2.45) is 9.98 Å². The molecule has 0 spiro atoms. The first-order chi connectivity index (χ1) is 13.2. The molecule has 1 aromatic carbocycles. The third-order valence-electron chi connectivity index (χ3n) is 5.47. The third-order valence-corrected chi connectivity index (χ3v) is 5.47. The van der Waals surface area contributed by atoms with Crippen molar-refractivity contribution in [3.63, 3.8) is 0 Å². The summed E-state index contributed by atoms with van der Waals surface area (Å²) in [6.07, 6.45) is 6.10. The van der Waals surface area contributed by atoms with Crippen molar-refractivity contribution in [1.29, 1.82) is 0 Å². The van der Waals surface area contributed by atoms with Crippen molar-refractivity contribution in [3.05, 3.63) is 47.5 Å². The largest absolute Gasteiger partial charge is 0.494 e. The highest BCUT2D eigenvalue weighted by Gasteiger charge is 2.32. The van der Waals surface area contributed by atoms with Crippen LogP contribution >= 0.6 is 0 Å². The average Bonchev–Trinajstić information content (AvgIpc) is 3.12. The smallest absolute Gasteiger partial charge is 0.274 e. The van der Waals surface area contributed by atoms with E-state index in [2.05, 4.69) is 38.2 Å². The molecule has 2 aromatic rings. The van der Waals surface area contributed by atoms with E-state index in [9.17, 15) is 9.90 Å². The highest BCUT2D eigenvalue weighted by molar-refractivity contribution is 6.06. The minimum Gasteiger partial charge on any atom is -0.494 e. The number of aliphatic hydroxyl groups excluding tert-OH is 1. The summed E-state index contributed by atoms with van der Waals surface area (Å²) in [5, 5.41) is 14.3. The minimum absolute atomic E-state index is 0.00405. The van der Waals surface area contributed by atoms with Gasteiger partial charge in [-0.25, -0.2) is 9.98 Å². The Labute approximate surface area is 156 Å². The second-order valence-corrected chi connectivity index (χ2v) is 7.07. The third kappa shape index (κ3) is 2.75. The number of hydrogen-bond acceptors (Lipinski definition) is 5. The summed E-state index contributed by atoms with van der Waals surface area (Å²) in [4.78, 5) is 20.4. The Kier molecular flexibility index (Phi) is 3.82. The van der Waals surface area contributed by atoms with Gasteiger partial charge in [0.25, 0.3) is 5.91 Å². The molecule has 3 aliphatic rings. The van der Waals surface area contributed by atoms with E-state index in [0.29, 0.717) is 23.9 Å². The maximum absolute atomic E-state index is 12.1. The molecule has 1 aromatic heterocycles. The van der Waals surface area contributed by atoms with Gasteiger partial charge in [-0.1, -0.05) is 0 Å². The van der Waals surface area contributed by atoms with E-state index in [1.165, 1.54) is 11.7 Å². The summed E-state index contributed by atoms with van der Waals surface area (Å²) in [6.45, 7) is 1.60. The molecule has 3 aliphatic heterocycles. The Morgan fingerprint density at radius 3 is 2.93 bits per heavy atom. The molecule has 7 heteroatoms. The van der Waals surface area contributed by atoms with Crippen LogP contribution in [0.1, 0.15) is 30.9 Å². The second-order valence-electron chi connectivity index (χ2n) is 7.07. The lowest BCUT2D eigenvalue weighted by Crippen LogP contribution is -2.38. The summed E-state index contributed by atoms with van der Waals surface area (Å²) >= 11 is 0. The highest BCUT2D eigenvalue weighted by atomic mass is 16.5. The molecule has 0 saturated carbocycles. The Morgan fingerprint density at radius 1 is 1.22 bits per heavy atom. The van der Waals surface area contributed by atoms with Gasteiger partial charge < -0.3 is 19.7 Å². The maximum Gasteiger partial charge on any atom is 0.274 e. The van der Waals surface area contributed by atoms with Crippen molar-refractivity contribution < 1.29 is 14.6 Å². The standard InChI is InChI=1S/C20H20N4O3/c25-19-15-3-7-21-20(26)17(15)22-18(23-19)13-1-2-16-12(11-13)4-8-24(16)14-5-9-27-10-6-14/h1-2,4,7-8,11,14,17,25H,3,5-6,9-10H2,(H,22,23). The van der Waals surface area contributed by atoms with Gasteiger partial charge in [-0.3, -0.25) is 4.79 Å². The fourth-order valence-electron chi connectivity index (χ4n) is 4.02. The number of carbonyl (C=O) groups excluding carboxylic acids is 1. The van der Waals surface area contributed by atoms with Crippen molar-refractivity contribution in [2.75, 3.05) is 13.2 Å². The van der Waals surface area contributed by atoms with Crippen molar-refractivity contribution in [3.8, 4) is 0 Å². The molecule has 2 N–H and O–H groups in total. The number of nitrogens with one attached hydrogen (secondary N) is 1. The van der Waals surface area contributed by atoms with Gasteiger partial charge in [0.05, 0.1) is 0 Å². The zero-order valence-electron chi connectivity index (χ0n) is 14.8. The van der Waals surface area contributed by atoms with Gasteiger partial charge in [-0.05, 0) is 37.1 Å². The lowest BCUT2D eigenvalue weighted by Gasteiger charge is -2.25. The number of aromatic nitrogens is 1. The van der Waals surface area contributed by atoms with Crippen LogP contribution in [0.15, 0.2) is 51.9 Å². The Balaban J connectivity index is 1.49. The van der Waals surface area contributed by atoms with Gasteiger partial charge in [-0.15, -0.1) is 0 Å². The molecule has 1 saturated heterocycles. The predicted octanol–water partition coefficient (Wildman–Crippen LogP) is 2.48. The fraction of sp³-hybridized carbons (Fsp3) is 0.350. The molecule has 1 amide bonds. The van der Waals surface area contributed by atoms with Gasteiger partial charge in [0, 0.05) is 60.1 Å².